The van der Waals surface area contributed by atoms with E-state index < -0.39 is 12.8 Å². The van der Waals surface area contributed by atoms with Gasteiger partial charge in [0, 0.05) is 18.7 Å². The standard InChI is InChI=1S/C7H10FOP/c1-3-7(8)4-5-10(2,9)6-7/h1H,4-6H2,2H3. The summed E-state index contributed by atoms with van der Waals surface area (Å²) in [6.07, 6.45) is 5.76. The Hall–Kier alpha value is -0.280. The van der Waals surface area contributed by atoms with Crippen LogP contribution in [0, 0.1) is 12.3 Å². The number of hydrogen-bond acceptors (Lipinski definition) is 1. The van der Waals surface area contributed by atoms with Crippen LogP contribution in [0.5, 0.6) is 0 Å². The molecule has 0 bridgehead atoms. The normalized spacial score (nSPS) is 46.9. The minimum atomic E-state index is -2.20. The Labute approximate surface area is 60.4 Å². The van der Waals surface area contributed by atoms with Crippen molar-refractivity contribution >= 4 is 7.14 Å². The van der Waals surface area contributed by atoms with Crippen molar-refractivity contribution in [3.63, 3.8) is 0 Å². The minimum Gasteiger partial charge on any atom is -0.324 e. The van der Waals surface area contributed by atoms with Crippen LogP contribution in [-0.4, -0.2) is 24.7 Å². The van der Waals surface area contributed by atoms with Gasteiger partial charge in [0.25, 0.3) is 0 Å². The molecule has 0 spiro atoms. The van der Waals surface area contributed by atoms with Gasteiger partial charge in [0.15, 0.2) is 5.67 Å². The molecule has 1 aliphatic heterocycles. The Morgan fingerprint density at radius 2 is 2.40 bits per heavy atom. The third kappa shape index (κ3) is 1.41. The highest BCUT2D eigenvalue weighted by atomic mass is 31.2. The van der Waals surface area contributed by atoms with Crippen molar-refractivity contribution in [1.82, 2.24) is 0 Å². The van der Waals surface area contributed by atoms with Crippen molar-refractivity contribution in [1.29, 1.82) is 0 Å². The third-order valence-electron chi connectivity index (χ3n) is 1.82. The second-order valence-electron chi connectivity index (χ2n) is 3.04. The topological polar surface area (TPSA) is 17.1 Å². The van der Waals surface area contributed by atoms with Crippen molar-refractivity contribution in [2.75, 3.05) is 19.0 Å². The van der Waals surface area contributed by atoms with E-state index in [9.17, 15) is 8.96 Å². The zero-order chi connectivity index (χ0) is 7.83. The van der Waals surface area contributed by atoms with Gasteiger partial charge in [0.1, 0.15) is 0 Å². The molecular formula is C7H10FOP. The van der Waals surface area contributed by atoms with Gasteiger partial charge in [-0.1, -0.05) is 5.92 Å². The molecule has 0 N–H and O–H groups in total. The van der Waals surface area contributed by atoms with E-state index in [0.717, 1.165) is 0 Å². The number of alkyl halides is 1. The van der Waals surface area contributed by atoms with E-state index in [2.05, 4.69) is 5.92 Å². The fraction of sp³-hybridized carbons (Fsp3) is 0.714. The lowest BCUT2D eigenvalue weighted by Gasteiger charge is -2.08. The van der Waals surface area contributed by atoms with Gasteiger partial charge >= 0.3 is 0 Å². The molecule has 2 atom stereocenters. The Morgan fingerprint density at radius 1 is 1.80 bits per heavy atom. The van der Waals surface area contributed by atoms with Gasteiger partial charge in [-0.25, -0.2) is 4.39 Å². The van der Waals surface area contributed by atoms with Gasteiger partial charge in [-0.2, -0.15) is 0 Å². The fourth-order valence-electron chi connectivity index (χ4n) is 1.22. The molecule has 0 aliphatic carbocycles. The van der Waals surface area contributed by atoms with Crippen LogP contribution in [0.25, 0.3) is 0 Å². The molecule has 2 unspecified atom stereocenters. The summed E-state index contributed by atoms with van der Waals surface area (Å²) in [5.74, 6) is 2.06. The predicted molar refractivity (Wildman–Crippen MR) is 40.6 cm³/mol. The highest BCUT2D eigenvalue weighted by Crippen LogP contribution is 2.53. The van der Waals surface area contributed by atoms with Crippen LogP contribution >= 0.6 is 7.14 Å². The summed E-state index contributed by atoms with van der Waals surface area (Å²) in [4.78, 5) is 0. The van der Waals surface area contributed by atoms with E-state index in [1.165, 1.54) is 0 Å². The number of halogens is 1. The molecule has 10 heavy (non-hydrogen) atoms. The first-order valence-electron chi connectivity index (χ1n) is 3.20. The number of rotatable bonds is 0. The highest BCUT2D eigenvalue weighted by Gasteiger charge is 2.41. The maximum absolute atomic E-state index is 13.1. The monoisotopic (exact) mass is 160 g/mol. The van der Waals surface area contributed by atoms with Gasteiger partial charge in [-0.15, -0.1) is 6.42 Å². The minimum absolute atomic E-state index is 0.0799. The van der Waals surface area contributed by atoms with Crippen LogP contribution in [-0.2, 0) is 4.57 Å². The van der Waals surface area contributed by atoms with Crippen LogP contribution in [0.4, 0.5) is 4.39 Å². The second-order valence-corrected chi connectivity index (χ2v) is 6.40. The summed E-state index contributed by atoms with van der Waals surface area (Å²) in [5.41, 5.74) is -1.57. The zero-order valence-corrected chi connectivity index (χ0v) is 6.83. The van der Waals surface area contributed by atoms with Gasteiger partial charge in [0.05, 0.1) is 7.14 Å². The first-order valence-corrected chi connectivity index (χ1v) is 5.72. The second kappa shape index (κ2) is 2.10. The summed E-state index contributed by atoms with van der Waals surface area (Å²) in [6.45, 7) is 1.62. The molecule has 0 aromatic heterocycles. The molecule has 0 saturated carbocycles. The Morgan fingerprint density at radius 3 is 2.60 bits per heavy atom. The fourth-order valence-corrected chi connectivity index (χ4v) is 3.52. The summed E-state index contributed by atoms with van der Waals surface area (Å²) in [6, 6.07) is 0. The van der Waals surface area contributed by atoms with Gasteiger partial charge < -0.3 is 4.57 Å². The first-order chi connectivity index (χ1) is 4.47. The van der Waals surface area contributed by atoms with Gasteiger partial charge in [0.2, 0.25) is 0 Å². The summed E-state index contributed by atoms with van der Waals surface area (Å²) < 4.78 is 24.4. The average molecular weight is 160 g/mol. The molecule has 3 heteroatoms. The van der Waals surface area contributed by atoms with Crippen LogP contribution in [0.1, 0.15) is 6.42 Å². The van der Waals surface area contributed by atoms with E-state index in [0.29, 0.717) is 6.16 Å². The molecule has 56 valence electrons. The first kappa shape index (κ1) is 7.82. The lowest BCUT2D eigenvalue weighted by atomic mass is 10.1. The van der Waals surface area contributed by atoms with Crippen LogP contribution in [0.3, 0.4) is 0 Å². The largest absolute Gasteiger partial charge is 0.324 e. The summed E-state index contributed by atoms with van der Waals surface area (Å²) in [5, 5.41) is 0. The molecule has 0 radical (unpaired) electrons. The van der Waals surface area contributed by atoms with Crippen LogP contribution in [0.15, 0.2) is 0 Å². The molecule has 1 nitrogen and oxygen atoms in total. The lowest BCUT2D eigenvalue weighted by Crippen LogP contribution is -2.18. The van der Waals surface area contributed by atoms with Crippen LogP contribution < -0.4 is 0 Å². The number of terminal acetylenes is 1. The van der Waals surface area contributed by atoms with E-state index in [1.54, 1.807) is 6.66 Å². The Bertz CT molecular complexity index is 230. The molecule has 1 rings (SSSR count). The molecule has 1 saturated heterocycles. The van der Waals surface area contributed by atoms with Crippen molar-refractivity contribution in [3.8, 4) is 12.3 Å². The highest BCUT2D eigenvalue weighted by molar-refractivity contribution is 7.63. The summed E-state index contributed by atoms with van der Waals surface area (Å²) >= 11 is 0. The zero-order valence-electron chi connectivity index (χ0n) is 5.93. The third-order valence-corrected chi connectivity index (χ3v) is 4.16. The van der Waals surface area contributed by atoms with Crippen molar-refractivity contribution in [3.05, 3.63) is 0 Å². The van der Waals surface area contributed by atoms with E-state index in [-0.39, 0.29) is 12.6 Å². The van der Waals surface area contributed by atoms with E-state index in [1.807, 2.05) is 0 Å². The molecule has 1 heterocycles. The maximum atomic E-state index is 13.1. The SMILES string of the molecule is C#CC1(F)CCP(C)(=O)C1. The van der Waals surface area contributed by atoms with E-state index >= 15 is 0 Å². The predicted octanol–water partition coefficient (Wildman–Crippen LogP) is 1.72. The van der Waals surface area contributed by atoms with Crippen molar-refractivity contribution < 1.29 is 8.96 Å². The summed E-state index contributed by atoms with van der Waals surface area (Å²) in [7, 11) is -2.20. The lowest BCUT2D eigenvalue weighted by molar-refractivity contribution is 0.280. The van der Waals surface area contributed by atoms with E-state index in [4.69, 9.17) is 6.42 Å². The number of hydrogen-bond donors (Lipinski definition) is 0. The molecule has 0 aromatic rings. The van der Waals surface area contributed by atoms with Gasteiger partial charge in [-0.05, 0) is 6.66 Å². The molecule has 0 amide bonds. The van der Waals surface area contributed by atoms with Crippen LogP contribution in [0.2, 0.25) is 0 Å². The molecule has 1 aliphatic rings. The smallest absolute Gasteiger partial charge is 0.177 e. The molecule has 1 fully saturated rings. The van der Waals surface area contributed by atoms with Crippen molar-refractivity contribution in [2.45, 2.75) is 12.1 Å². The van der Waals surface area contributed by atoms with Crippen molar-refractivity contribution in [2.24, 2.45) is 0 Å². The Kier molecular flexibility index (Phi) is 1.65. The maximum Gasteiger partial charge on any atom is 0.177 e. The van der Waals surface area contributed by atoms with Gasteiger partial charge in [-0.3, -0.25) is 0 Å². The quantitative estimate of drug-likeness (QED) is 0.389. The Balaban J connectivity index is 2.79. The molecular weight excluding hydrogens is 150 g/mol. The average Bonchev–Trinajstić information content (AvgIpc) is 2.08. The molecule has 0 aromatic carbocycles.